The fourth-order valence-corrected chi connectivity index (χ4v) is 2.38. The van der Waals surface area contributed by atoms with E-state index in [0.717, 1.165) is 0 Å². The van der Waals surface area contributed by atoms with E-state index in [0.29, 0.717) is 5.56 Å². The van der Waals surface area contributed by atoms with E-state index in [9.17, 15) is 22.8 Å². The second kappa shape index (κ2) is 5.43. The van der Waals surface area contributed by atoms with Crippen molar-refractivity contribution in [3.63, 3.8) is 0 Å². The number of carbonyl (C=O) groups excluding carboxylic acids is 2. The fourth-order valence-electron chi connectivity index (χ4n) is 2.38. The first kappa shape index (κ1) is 16.5. The SMILES string of the molecule is CC1=C(C#N)C(NC(=O)c2cccc(C)c2)(C(F)(F)F)C(=O)N1. The molecular formula is C15H12F3N3O2. The summed E-state index contributed by atoms with van der Waals surface area (Å²) in [5.41, 5.74) is -3.85. The minimum Gasteiger partial charge on any atom is -0.326 e. The molecule has 1 atom stereocenters. The summed E-state index contributed by atoms with van der Waals surface area (Å²) in [5.74, 6) is -2.59. The number of amides is 2. The van der Waals surface area contributed by atoms with E-state index in [1.165, 1.54) is 31.2 Å². The van der Waals surface area contributed by atoms with Crippen molar-refractivity contribution in [1.82, 2.24) is 10.6 Å². The number of nitriles is 1. The molecule has 0 radical (unpaired) electrons. The Bertz CT molecular complexity index is 762. The molecule has 5 nitrogen and oxygen atoms in total. The number of benzene rings is 1. The third-order valence-electron chi connectivity index (χ3n) is 3.51. The van der Waals surface area contributed by atoms with Gasteiger partial charge in [0.05, 0.1) is 11.6 Å². The number of nitrogens with zero attached hydrogens (tertiary/aromatic N) is 1. The van der Waals surface area contributed by atoms with Crippen molar-refractivity contribution in [1.29, 1.82) is 5.26 Å². The molecule has 23 heavy (non-hydrogen) atoms. The van der Waals surface area contributed by atoms with E-state index in [1.807, 2.05) is 5.32 Å². The highest BCUT2D eigenvalue weighted by Gasteiger charge is 2.67. The van der Waals surface area contributed by atoms with Gasteiger partial charge in [0.15, 0.2) is 0 Å². The van der Waals surface area contributed by atoms with Crippen LogP contribution < -0.4 is 10.6 Å². The molecule has 1 aromatic carbocycles. The van der Waals surface area contributed by atoms with Gasteiger partial charge in [0.1, 0.15) is 0 Å². The third-order valence-corrected chi connectivity index (χ3v) is 3.51. The quantitative estimate of drug-likeness (QED) is 0.873. The lowest BCUT2D eigenvalue weighted by molar-refractivity contribution is -0.184. The van der Waals surface area contributed by atoms with Crippen molar-refractivity contribution >= 4 is 11.8 Å². The zero-order chi connectivity index (χ0) is 17.4. The molecule has 120 valence electrons. The second-order valence-corrected chi connectivity index (χ2v) is 5.14. The van der Waals surface area contributed by atoms with Crippen LogP contribution in [0.5, 0.6) is 0 Å². The van der Waals surface area contributed by atoms with Gasteiger partial charge in [0.25, 0.3) is 17.4 Å². The van der Waals surface area contributed by atoms with Gasteiger partial charge in [-0.15, -0.1) is 0 Å². The van der Waals surface area contributed by atoms with Gasteiger partial charge in [0.2, 0.25) is 0 Å². The highest BCUT2D eigenvalue weighted by molar-refractivity contribution is 6.04. The Morgan fingerprint density at radius 1 is 1.35 bits per heavy atom. The van der Waals surface area contributed by atoms with Crippen LogP contribution in [0.2, 0.25) is 0 Å². The van der Waals surface area contributed by atoms with Crippen LogP contribution in [0.1, 0.15) is 22.8 Å². The van der Waals surface area contributed by atoms with E-state index >= 15 is 0 Å². The maximum absolute atomic E-state index is 13.6. The number of hydrogen-bond acceptors (Lipinski definition) is 3. The summed E-state index contributed by atoms with van der Waals surface area (Å²) in [4.78, 5) is 24.1. The lowest BCUT2D eigenvalue weighted by Crippen LogP contribution is -2.64. The van der Waals surface area contributed by atoms with E-state index < -0.39 is 29.1 Å². The van der Waals surface area contributed by atoms with Crippen molar-refractivity contribution in [3.05, 3.63) is 46.7 Å². The van der Waals surface area contributed by atoms with E-state index in [-0.39, 0.29) is 11.3 Å². The van der Waals surface area contributed by atoms with Crippen LogP contribution in [0.3, 0.4) is 0 Å². The molecule has 2 amide bonds. The fraction of sp³-hybridized carbons (Fsp3) is 0.267. The zero-order valence-corrected chi connectivity index (χ0v) is 12.2. The molecule has 2 N–H and O–H groups in total. The van der Waals surface area contributed by atoms with Gasteiger partial charge in [-0.3, -0.25) is 9.59 Å². The Kier molecular flexibility index (Phi) is 3.90. The maximum atomic E-state index is 13.6. The van der Waals surface area contributed by atoms with E-state index in [1.54, 1.807) is 18.3 Å². The molecule has 0 spiro atoms. The van der Waals surface area contributed by atoms with Crippen LogP contribution in [-0.4, -0.2) is 23.5 Å². The number of allylic oxidation sites excluding steroid dienone is 1. The summed E-state index contributed by atoms with van der Waals surface area (Å²) in [6.07, 6.45) is -5.17. The molecule has 0 aromatic heterocycles. The number of carbonyl (C=O) groups is 2. The first-order valence-electron chi connectivity index (χ1n) is 6.52. The monoisotopic (exact) mass is 323 g/mol. The van der Waals surface area contributed by atoms with Gasteiger partial charge in [-0.1, -0.05) is 17.7 Å². The molecule has 1 aromatic rings. The molecule has 0 saturated heterocycles. The first-order valence-corrected chi connectivity index (χ1v) is 6.52. The standard InChI is InChI=1S/C15H12F3N3O2/c1-8-4-3-5-10(6-8)12(22)21-14(15(16,17)18)11(7-19)9(2)20-13(14)23/h3-6H,1-2H3,(H,20,23)(H,21,22). The molecule has 2 rings (SSSR count). The summed E-state index contributed by atoms with van der Waals surface area (Å²) in [6, 6.07) is 7.25. The lowest BCUT2D eigenvalue weighted by Gasteiger charge is -2.30. The van der Waals surface area contributed by atoms with Crippen LogP contribution in [0.25, 0.3) is 0 Å². The van der Waals surface area contributed by atoms with Crippen molar-refractivity contribution in [2.45, 2.75) is 25.6 Å². The summed E-state index contributed by atoms with van der Waals surface area (Å²) < 4.78 is 40.7. The molecule has 0 bridgehead atoms. The molecule has 0 saturated carbocycles. The van der Waals surface area contributed by atoms with Crippen LogP contribution in [0, 0.1) is 18.3 Å². The van der Waals surface area contributed by atoms with Crippen molar-refractivity contribution in [2.75, 3.05) is 0 Å². The molecule has 8 heteroatoms. The van der Waals surface area contributed by atoms with Gasteiger partial charge in [-0.25, -0.2) is 0 Å². The van der Waals surface area contributed by atoms with Crippen LogP contribution >= 0.6 is 0 Å². The highest BCUT2D eigenvalue weighted by atomic mass is 19.4. The van der Waals surface area contributed by atoms with Gasteiger partial charge < -0.3 is 10.6 Å². The number of nitrogens with one attached hydrogen (secondary N) is 2. The third kappa shape index (κ3) is 2.54. The van der Waals surface area contributed by atoms with Gasteiger partial charge >= 0.3 is 6.18 Å². The predicted molar refractivity (Wildman–Crippen MR) is 73.9 cm³/mol. The summed E-state index contributed by atoms with van der Waals surface area (Å²) in [5, 5.41) is 12.7. The van der Waals surface area contributed by atoms with Crippen LogP contribution in [0.15, 0.2) is 35.5 Å². The largest absolute Gasteiger partial charge is 0.425 e. The van der Waals surface area contributed by atoms with Crippen molar-refractivity contribution in [3.8, 4) is 6.07 Å². The number of aryl methyl sites for hydroxylation is 1. The first-order chi connectivity index (χ1) is 10.6. The number of alkyl halides is 3. The van der Waals surface area contributed by atoms with Gasteiger partial charge in [0, 0.05) is 11.3 Å². The average molecular weight is 323 g/mol. The smallest absolute Gasteiger partial charge is 0.326 e. The Hall–Kier alpha value is -2.82. The van der Waals surface area contributed by atoms with E-state index in [2.05, 4.69) is 0 Å². The normalized spacial score (nSPS) is 21.0. The van der Waals surface area contributed by atoms with Crippen molar-refractivity contribution < 1.29 is 22.8 Å². The average Bonchev–Trinajstić information content (AvgIpc) is 2.69. The number of rotatable bonds is 2. The Balaban J connectivity index is 2.53. The second-order valence-electron chi connectivity index (χ2n) is 5.14. The minimum atomic E-state index is -5.17. The summed E-state index contributed by atoms with van der Waals surface area (Å²) in [7, 11) is 0. The molecule has 0 aliphatic carbocycles. The molecular weight excluding hydrogens is 311 g/mol. The number of hydrogen-bond donors (Lipinski definition) is 2. The molecule has 1 heterocycles. The zero-order valence-electron chi connectivity index (χ0n) is 12.2. The lowest BCUT2D eigenvalue weighted by atomic mass is 9.89. The summed E-state index contributed by atoms with van der Waals surface area (Å²) >= 11 is 0. The van der Waals surface area contributed by atoms with E-state index in [4.69, 9.17) is 5.26 Å². The summed E-state index contributed by atoms with van der Waals surface area (Å²) in [6.45, 7) is 2.84. The maximum Gasteiger partial charge on any atom is 0.425 e. The predicted octanol–water partition coefficient (Wildman–Crippen LogP) is 1.95. The minimum absolute atomic E-state index is 0.0386. The molecule has 1 aliphatic rings. The van der Waals surface area contributed by atoms with Gasteiger partial charge in [-0.2, -0.15) is 18.4 Å². The molecule has 1 unspecified atom stereocenters. The van der Waals surface area contributed by atoms with Crippen LogP contribution in [-0.2, 0) is 4.79 Å². The van der Waals surface area contributed by atoms with Crippen LogP contribution in [0.4, 0.5) is 13.2 Å². The number of halogens is 3. The Morgan fingerprint density at radius 3 is 2.52 bits per heavy atom. The van der Waals surface area contributed by atoms with Crippen molar-refractivity contribution in [2.24, 2.45) is 0 Å². The Morgan fingerprint density at radius 2 is 2.00 bits per heavy atom. The van der Waals surface area contributed by atoms with Gasteiger partial charge in [-0.05, 0) is 26.0 Å². The molecule has 1 aliphatic heterocycles. The Labute approximate surface area is 129 Å². The topological polar surface area (TPSA) is 82.0 Å². The molecule has 0 fully saturated rings. The highest BCUT2D eigenvalue weighted by Crippen LogP contribution is 2.40.